The number of aromatic carboxylic acids is 1. The Morgan fingerprint density at radius 1 is 1.45 bits per heavy atom. The summed E-state index contributed by atoms with van der Waals surface area (Å²) in [6, 6.07) is 3.65. The zero-order valence-corrected chi connectivity index (χ0v) is 10.9. The molecule has 0 aliphatic carbocycles. The van der Waals surface area contributed by atoms with E-state index >= 15 is 0 Å². The number of carboxylic acid groups (broad SMARTS) is 1. The van der Waals surface area contributed by atoms with Gasteiger partial charge in [0.25, 0.3) is 5.91 Å². The van der Waals surface area contributed by atoms with Crippen LogP contribution in [0, 0.1) is 0 Å². The Morgan fingerprint density at radius 3 is 2.80 bits per heavy atom. The second-order valence-corrected chi connectivity index (χ2v) is 4.63. The number of hydrogen-bond donors (Lipinski definition) is 3. The summed E-state index contributed by atoms with van der Waals surface area (Å²) >= 11 is 0. The fraction of sp³-hybridized carbons (Fsp3) is 0.308. The maximum absolute atomic E-state index is 12.0. The van der Waals surface area contributed by atoms with Gasteiger partial charge in [-0.1, -0.05) is 0 Å². The summed E-state index contributed by atoms with van der Waals surface area (Å²) in [6.45, 7) is 0. The van der Waals surface area contributed by atoms with Gasteiger partial charge in [0.05, 0.1) is 16.9 Å². The molecule has 106 valence electrons. The second kappa shape index (κ2) is 5.20. The van der Waals surface area contributed by atoms with Crippen LogP contribution in [0.5, 0.6) is 0 Å². The molecular formula is C13H15N3O4. The molecule has 7 nitrogen and oxygen atoms in total. The molecule has 7 heteroatoms. The number of nitrogens with zero attached hydrogens (tertiary/aromatic N) is 1. The molecule has 1 fully saturated rings. The summed E-state index contributed by atoms with van der Waals surface area (Å²) in [7, 11) is 1.43. The molecule has 1 atom stereocenters. The van der Waals surface area contributed by atoms with Crippen LogP contribution in [0.15, 0.2) is 18.2 Å². The van der Waals surface area contributed by atoms with E-state index in [9.17, 15) is 14.4 Å². The van der Waals surface area contributed by atoms with E-state index in [1.165, 1.54) is 25.2 Å². The Bertz CT molecular complexity index is 585. The van der Waals surface area contributed by atoms with Gasteiger partial charge in [-0.3, -0.25) is 14.5 Å². The number of anilines is 2. The maximum atomic E-state index is 12.0. The van der Waals surface area contributed by atoms with Crippen molar-refractivity contribution in [2.24, 2.45) is 0 Å². The van der Waals surface area contributed by atoms with Crippen LogP contribution in [0.3, 0.4) is 0 Å². The van der Waals surface area contributed by atoms with Gasteiger partial charge >= 0.3 is 5.97 Å². The van der Waals surface area contributed by atoms with Crippen LogP contribution in [0.25, 0.3) is 0 Å². The normalized spacial score (nSPS) is 19.1. The van der Waals surface area contributed by atoms with Gasteiger partial charge in [-0.05, 0) is 24.6 Å². The molecule has 2 amide bonds. The lowest BCUT2D eigenvalue weighted by molar-refractivity contribution is -0.146. The first-order chi connectivity index (χ1) is 9.40. The van der Waals surface area contributed by atoms with Crippen molar-refractivity contribution in [1.29, 1.82) is 0 Å². The van der Waals surface area contributed by atoms with Crippen molar-refractivity contribution in [3.05, 3.63) is 23.8 Å². The molecule has 1 aliphatic heterocycles. The van der Waals surface area contributed by atoms with Crippen LogP contribution in [0.4, 0.5) is 11.4 Å². The Kier molecular flexibility index (Phi) is 3.60. The van der Waals surface area contributed by atoms with Crippen LogP contribution in [-0.2, 0) is 9.59 Å². The number of likely N-dealkylation sites (N-methyl/N-ethyl adjacent to an activating group) is 1. The number of piperidine rings is 1. The maximum Gasteiger partial charge on any atom is 0.335 e. The molecule has 1 aliphatic rings. The molecule has 0 radical (unpaired) electrons. The fourth-order valence-electron chi connectivity index (χ4n) is 2.05. The van der Waals surface area contributed by atoms with Gasteiger partial charge in [0.15, 0.2) is 0 Å². The molecule has 0 aromatic heterocycles. The van der Waals surface area contributed by atoms with Gasteiger partial charge < -0.3 is 16.2 Å². The smallest absolute Gasteiger partial charge is 0.335 e. The van der Waals surface area contributed by atoms with E-state index in [4.69, 9.17) is 10.8 Å². The number of carboxylic acids is 1. The van der Waals surface area contributed by atoms with E-state index in [0.717, 1.165) is 4.90 Å². The summed E-state index contributed by atoms with van der Waals surface area (Å²) in [5.41, 5.74) is 6.57. The Morgan fingerprint density at radius 2 is 2.15 bits per heavy atom. The van der Waals surface area contributed by atoms with Crippen molar-refractivity contribution < 1.29 is 19.5 Å². The number of carbonyl (C=O) groups excluding carboxylic acids is 2. The number of hydrogen-bond acceptors (Lipinski definition) is 5. The Balaban J connectivity index is 2.21. The number of nitrogens with two attached hydrogens (primary N) is 1. The van der Waals surface area contributed by atoms with Crippen molar-refractivity contribution >= 4 is 29.2 Å². The molecule has 4 N–H and O–H groups in total. The SMILES string of the molecule is CN1C(=O)CCC(Nc2cc(C(=O)O)ccc2N)C1=O. The predicted octanol–water partition coefficient (Wildman–Crippen LogP) is 0.526. The third kappa shape index (κ3) is 2.56. The fourth-order valence-corrected chi connectivity index (χ4v) is 2.05. The summed E-state index contributed by atoms with van der Waals surface area (Å²) in [5.74, 6) is -1.64. The monoisotopic (exact) mass is 277 g/mol. The number of nitrogens with one attached hydrogen (secondary N) is 1. The summed E-state index contributed by atoms with van der Waals surface area (Å²) in [5, 5.41) is 11.9. The van der Waals surface area contributed by atoms with E-state index in [0.29, 0.717) is 17.8 Å². The quantitative estimate of drug-likeness (QED) is 0.548. The minimum atomic E-state index is -1.07. The van der Waals surface area contributed by atoms with Crippen molar-refractivity contribution in [3.8, 4) is 0 Å². The first-order valence-corrected chi connectivity index (χ1v) is 6.10. The molecule has 20 heavy (non-hydrogen) atoms. The Hall–Kier alpha value is -2.57. The standard InChI is InChI=1S/C13H15N3O4/c1-16-11(17)5-4-9(12(16)18)15-10-6-7(13(19)20)2-3-8(10)14/h2-3,6,9,15H,4-5,14H2,1H3,(H,19,20). The molecule has 2 rings (SSSR count). The van der Waals surface area contributed by atoms with E-state index in [1.54, 1.807) is 0 Å². The molecule has 0 saturated carbocycles. The second-order valence-electron chi connectivity index (χ2n) is 4.63. The molecule has 0 spiro atoms. The number of imide groups is 1. The van der Waals surface area contributed by atoms with E-state index in [1.807, 2.05) is 0 Å². The number of nitrogen functional groups attached to an aromatic ring is 1. The molecule has 0 bridgehead atoms. The lowest BCUT2D eigenvalue weighted by Gasteiger charge is -2.29. The molecule has 1 heterocycles. The van der Waals surface area contributed by atoms with Crippen molar-refractivity contribution in [2.75, 3.05) is 18.1 Å². The third-order valence-electron chi connectivity index (χ3n) is 3.28. The minimum absolute atomic E-state index is 0.0781. The average Bonchev–Trinajstić information content (AvgIpc) is 2.41. The highest BCUT2D eigenvalue weighted by Gasteiger charge is 2.31. The zero-order valence-electron chi connectivity index (χ0n) is 10.9. The highest BCUT2D eigenvalue weighted by atomic mass is 16.4. The van der Waals surface area contributed by atoms with E-state index < -0.39 is 12.0 Å². The van der Waals surface area contributed by atoms with Gasteiger partial charge in [-0.25, -0.2) is 4.79 Å². The first-order valence-electron chi connectivity index (χ1n) is 6.10. The molecular weight excluding hydrogens is 262 g/mol. The van der Waals surface area contributed by atoms with Crippen molar-refractivity contribution in [2.45, 2.75) is 18.9 Å². The van der Waals surface area contributed by atoms with Gasteiger partial charge in [0.1, 0.15) is 6.04 Å². The van der Waals surface area contributed by atoms with Crippen LogP contribution in [0.2, 0.25) is 0 Å². The predicted molar refractivity (Wildman–Crippen MR) is 72.2 cm³/mol. The van der Waals surface area contributed by atoms with Gasteiger partial charge in [-0.15, -0.1) is 0 Å². The third-order valence-corrected chi connectivity index (χ3v) is 3.28. The van der Waals surface area contributed by atoms with Crippen molar-refractivity contribution in [1.82, 2.24) is 4.90 Å². The largest absolute Gasteiger partial charge is 0.478 e. The lowest BCUT2D eigenvalue weighted by Crippen LogP contribution is -2.48. The average molecular weight is 277 g/mol. The Labute approximate surface area is 115 Å². The van der Waals surface area contributed by atoms with Gasteiger partial charge in [-0.2, -0.15) is 0 Å². The molecule has 1 unspecified atom stereocenters. The van der Waals surface area contributed by atoms with E-state index in [2.05, 4.69) is 5.32 Å². The number of rotatable bonds is 3. The highest BCUT2D eigenvalue weighted by molar-refractivity contribution is 6.01. The van der Waals surface area contributed by atoms with Crippen LogP contribution in [-0.4, -0.2) is 40.9 Å². The topological polar surface area (TPSA) is 113 Å². The number of carbonyl (C=O) groups is 3. The zero-order chi connectivity index (χ0) is 14.9. The number of likely N-dealkylation sites (tertiary alicyclic amines) is 1. The number of benzene rings is 1. The van der Waals surface area contributed by atoms with Crippen molar-refractivity contribution in [3.63, 3.8) is 0 Å². The minimum Gasteiger partial charge on any atom is -0.478 e. The number of amides is 2. The first kappa shape index (κ1) is 13.9. The van der Waals surface area contributed by atoms with Gasteiger partial charge in [0, 0.05) is 13.5 Å². The molecule has 1 aromatic rings. The van der Waals surface area contributed by atoms with Gasteiger partial charge in [0.2, 0.25) is 5.91 Å². The summed E-state index contributed by atoms with van der Waals surface area (Å²) in [4.78, 5) is 35.3. The van der Waals surface area contributed by atoms with E-state index in [-0.39, 0.29) is 23.8 Å². The summed E-state index contributed by atoms with van der Waals surface area (Å²) < 4.78 is 0. The molecule has 1 saturated heterocycles. The molecule has 1 aromatic carbocycles. The summed E-state index contributed by atoms with van der Waals surface area (Å²) in [6.07, 6.45) is 0.622. The van der Waals surface area contributed by atoms with Crippen LogP contribution >= 0.6 is 0 Å². The lowest BCUT2D eigenvalue weighted by atomic mass is 10.0. The highest BCUT2D eigenvalue weighted by Crippen LogP contribution is 2.24. The van der Waals surface area contributed by atoms with Crippen LogP contribution in [0.1, 0.15) is 23.2 Å². The van der Waals surface area contributed by atoms with Crippen LogP contribution < -0.4 is 11.1 Å².